The number of rotatable bonds is 6. The number of hydrogen-bond donors (Lipinski definition) is 2. The Hall–Kier alpha value is -1.59. The predicted octanol–water partition coefficient (Wildman–Crippen LogP) is 3.72. The first kappa shape index (κ1) is 19.2. The highest BCUT2D eigenvalue weighted by molar-refractivity contribution is 6.42. The highest BCUT2D eigenvalue weighted by Gasteiger charge is 2.48. The van der Waals surface area contributed by atoms with Crippen LogP contribution in [0.1, 0.15) is 22.3 Å². The van der Waals surface area contributed by atoms with E-state index in [1.807, 2.05) is 6.07 Å². The van der Waals surface area contributed by atoms with Crippen LogP contribution in [-0.2, 0) is 5.41 Å². The third-order valence-corrected chi connectivity index (χ3v) is 5.94. The van der Waals surface area contributed by atoms with Gasteiger partial charge in [-0.05, 0) is 55.3 Å². The summed E-state index contributed by atoms with van der Waals surface area (Å²) in [6.07, 6.45) is 0.779. The number of Topliss-reactive ketones (excluding diaryl/α,β-unsaturated/α-hetero) is 1. The molecular formula is C20H21Cl2NO3. The van der Waals surface area contributed by atoms with E-state index in [2.05, 4.69) is 5.32 Å². The molecule has 1 heterocycles. The molecule has 1 saturated heterocycles. The van der Waals surface area contributed by atoms with Gasteiger partial charge in [0, 0.05) is 0 Å². The molecule has 0 spiro atoms. The molecule has 0 saturated carbocycles. The van der Waals surface area contributed by atoms with Crippen LogP contribution in [0.4, 0.5) is 0 Å². The number of nitrogens with one attached hydrogen (secondary N) is 1. The van der Waals surface area contributed by atoms with E-state index in [0.29, 0.717) is 33.5 Å². The summed E-state index contributed by atoms with van der Waals surface area (Å²) >= 11 is 12.3. The van der Waals surface area contributed by atoms with Gasteiger partial charge in [-0.1, -0.05) is 41.4 Å². The maximum absolute atomic E-state index is 13.7. The highest BCUT2D eigenvalue weighted by atomic mass is 35.5. The third kappa shape index (κ3) is 3.23. The van der Waals surface area contributed by atoms with Crippen LogP contribution in [0.2, 0.25) is 10.0 Å². The van der Waals surface area contributed by atoms with Gasteiger partial charge in [-0.15, -0.1) is 0 Å². The lowest BCUT2D eigenvalue weighted by Crippen LogP contribution is -2.47. The summed E-state index contributed by atoms with van der Waals surface area (Å²) < 4.78 is 5.38. The molecule has 1 fully saturated rings. The molecule has 0 aromatic heterocycles. The number of para-hydroxylation sites is 1. The van der Waals surface area contributed by atoms with Crippen molar-refractivity contribution in [1.29, 1.82) is 0 Å². The largest absolute Gasteiger partial charge is 0.496 e. The number of ketones is 1. The molecule has 2 unspecified atom stereocenters. The van der Waals surface area contributed by atoms with Crippen LogP contribution in [-0.4, -0.2) is 37.7 Å². The van der Waals surface area contributed by atoms with E-state index >= 15 is 0 Å². The van der Waals surface area contributed by atoms with Crippen LogP contribution >= 0.6 is 23.2 Å². The molecule has 2 aromatic carbocycles. The number of carbonyl (C=O) groups excluding carboxylic acids is 1. The first-order valence-electron chi connectivity index (χ1n) is 8.49. The average Bonchev–Trinajstić information content (AvgIpc) is 3.20. The topological polar surface area (TPSA) is 58.6 Å². The quantitative estimate of drug-likeness (QED) is 0.734. The summed E-state index contributed by atoms with van der Waals surface area (Å²) in [6.45, 7) is 1.11. The van der Waals surface area contributed by atoms with Gasteiger partial charge in [0.1, 0.15) is 5.75 Å². The van der Waals surface area contributed by atoms with Crippen LogP contribution in [0, 0.1) is 5.92 Å². The number of hydrogen-bond acceptors (Lipinski definition) is 4. The molecule has 4 nitrogen and oxygen atoms in total. The zero-order valence-corrected chi connectivity index (χ0v) is 16.0. The molecule has 26 heavy (non-hydrogen) atoms. The van der Waals surface area contributed by atoms with Gasteiger partial charge in [-0.2, -0.15) is 0 Å². The van der Waals surface area contributed by atoms with E-state index in [9.17, 15) is 9.90 Å². The SMILES string of the molecule is COc1ccccc1C(=O)C(CO)(c1ccc(Cl)c(Cl)c1)C1CCNC1. The molecule has 0 aliphatic carbocycles. The van der Waals surface area contributed by atoms with E-state index in [0.717, 1.165) is 13.0 Å². The van der Waals surface area contributed by atoms with E-state index in [1.165, 1.54) is 7.11 Å². The van der Waals surface area contributed by atoms with Gasteiger partial charge in [-0.3, -0.25) is 4.79 Å². The fourth-order valence-electron chi connectivity index (χ4n) is 3.77. The number of ether oxygens (including phenoxy) is 1. The number of halogens is 2. The van der Waals surface area contributed by atoms with Gasteiger partial charge in [0.2, 0.25) is 0 Å². The summed E-state index contributed by atoms with van der Waals surface area (Å²) in [6, 6.07) is 12.2. The molecule has 2 atom stereocenters. The standard InChI is InChI=1S/C20H21Cl2NO3/c1-26-18-5-3-2-4-15(18)19(25)20(12-24,14-8-9-23-11-14)13-6-7-16(21)17(22)10-13/h2-7,10,14,23-24H,8-9,11-12H2,1H3. The van der Waals surface area contributed by atoms with Crippen molar-refractivity contribution < 1.29 is 14.6 Å². The lowest BCUT2D eigenvalue weighted by molar-refractivity contribution is 0.0698. The molecule has 1 aliphatic heterocycles. The molecular weight excluding hydrogens is 373 g/mol. The molecule has 0 radical (unpaired) electrons. The Balaban J connectivity index is 2.19. The number of aliphatic hydroxyl groups excluding tert-OH is 1. The minimum Gasteiger partial charge on any atom is -0.496 e. The van der Waals surface area contributed by atoms with Crippen molar-refractivity contribution in [3.05, 3.63) is 63.6 Å². The Morgan fingerprint density at radius 3 is 2.65 bits per heavy atom. The summed E-state index contributed by atoms with van der Waals surface area (Å²) in [5.41, 5.74) is -0.00662. The Kier molecular flexibility index (Phi) is 5.88. The van der Waals surface area contributed by atoms with Crippen molar-refractivity contribution in [2.45, 2.75) is 11.8 Å². The Labute approximate surface area is 163 Å². The summed E-state index contributed by atoms with van der Waals surface area (Å²) in [7, 11) is 1.53. The van der Waals surface area contributed by atoms with Gasteiger partial charge in [0.15, 0.2) is 5.78 Å². The number of benzene rings is 2. The van der Waals surface area contributed by atoms with Crippen molar-refractivity contribution in [1.82, 2.24) is 5.32 Å². The third-order valence-electron chi connectivity index (χ3n) is 5.20. The molecule has 1 aliphatic rings. The number of aliphatic hydroxyl groups is 1. The Morgan fingerprint density at radius 2 is 2.04 bits per heavy atom. The second-order valence-corrected chi connectivity index (χ2v) is 7.29. The van der Waals surface area contributed by atoms with Crippen molar-refractivity contribution in [3.63, 3.8) is 0 Å². The minimum atomic E-state index is -1.12. The average molecular weight is 394 g/mol. The van der Waals surface area contributed by atoms with Gasteiger partial charge in [0.25, 0.3) is 0 Å². The van der Waals surface area contributed by atoms with Crippen LogP contribution in [0.15, 0.2) is 42.5 Å². The Morgan fingerprint density at radius 1 is 1.27 bits per heavy atom. The first-order valence-corrected chi connectivity index (χ1v) is 9.25. The number of carbonyl (C=O) groups is 1. The van der Waals surface area contributed by atoms with Crippen molar-refractivity contribution >= 4 is 29.0 Å². The van der Waals surface area contributed by atoms with Gasteiger partial charge in [0.05, 0.1) is 34.7 Å². The van der Waals surface area contributed by atoms with Crippen LogP contribution in [0.5, 0.6) is 5.75 Å². The summed E-state index contributed by atoms with van der Waals surface area (Å²) in [4.78, 5) is 13.7. The van der Waals surface area contributed by atoms with E-state index in [4.69, 9.17) is 27.9 Å². The molecule has 3 rings (SSSR count). The van der Waals surface area contributed by atoms with Crippen LogP contribution in [0.3, 0.4) is 0 Å². The molecule has 0 amide bonds. The molecule has 0 bridgehead atoms. The maximum atomic E-state index is 13.7. The normalized spacial score (nSPS) is 19.2. The lowest BCUT2D eigenvalue weighted by atomic mass is 9.65. The van der Waals surface area contributed by atoms with Crippen molar-refractivity contribution in [3.8, 4) is 5.75 Å². The minimum absolute atomic E-state index is 0.0674. The van der Waals surface area contributed by atoms with Gasteiger partial charge in [-0.25, -0.2) is 0 Å². The molecule has 6 heteroatoms. The number of methoxy groups -OCH3 is 1. The Bertz CT molecular complexity index is 805. The zero-order chi connectivity index (χ0) is 18.7. The van der Waals surface area contributed by atoms with E-state index < -0.39 is 5.41 Å². The summed E-state index contributed by atoms with van der Waals surface area (Å²) in [5.74, 6) is 0.244. The lowest BCUT2D eigenvalue weighted by Gasteiger charge is -2.37. The molecule has 2 N–H and O–H groups in total. The molecule has 138 valence electrons. The zero-order valence-electron chi connectivity index (χ0n) is 14.5. The fourth-order valence-corrected chi connectivity index (χ4v) is 4.06. The first-order chi connectivity index (χ1) is 12.5. The smallest absolute Gasteiger partial charge is 0.179 e. The monoisotopic (exact) mass is 393 g/mol. The van der Waals surface area contributed by atoms with Crippen molar-refractivity contribution in [2.75, 3.05) is 26.8 Å². The van der Waals surface area contributed by atoms with Gasteiger partial charge >= 0.3 is 0 Å². The summed E-state index contributed by atoms with van der Waals surface area (Å²) in [5, 5.41) is 14.5. The van der Waals surface area contributed by atoms with Crippen molar-refractivity contribution in [2.24, 2.45) is 5.92 Å². The van der Waals surface area contributed by atoms with Crippen LogP contribution < -0.4 is 10.1 Å². The second-order valence-electron chi connectivity index (χ2n) is 6.48. The van der Waals surface area contributed by atoms with E-state index in [1.54, 1.807) is 36.4 Å². The van der Waals surface area contributed by atoms with Crippen LogP contribution in [0.25, 0.3) is 0 Å². The second kappa shape index (κ2) is 7.97. The fraction of sp³-hybridized carbons (Fsp3) is 0.350. The van der Waals surface area contributed by atoms with E-state index in [-0.39, 0.29) is 18.3 Å². The molecule has 2 aromatic rings. The maximum Gasteiger partial charge on any atom is 0.179 e. The predicted molar refractivity (Wildman–Crippen MR) is 104 cm³/mol. The highest BCUT2D eigenvalue weighted by Crippen LogP contribution is 2.42. The van der Waals surface area contributed by atoms with Gasteiger partial charge < -0.3 is 15.2 Å².